The zero-order chi connectivity index (χ0) is 11.2. The second-order valence-corrected chi connectivity index (χ2v) is 4.46. The normalized spacial score (nSPS) is 16.6. The molecular weight excluding hydrogens is 218 g/mol. The predicted octanol–water partition coefficient (Wildman–Crippen LogP) is 2.65. The third-order valence-electron chi connectivity index (χ3n) is 2.81. The number of anilines is 1. The Bertz CT molecular complexity index is 331. The fourth-order valence-corrected chi connectivity index (χ4v) is 2.21. The Balaban J connectivity index is 1.92. The van der Waals surface area contributed by atoms with Gasteiger partial charge in [-0.15, -0.1) is 0 Å². The first-order valence-corrected chi connectivity index (χ1v) is 6.23. The van der Waals surface area contributed by atoms with Crippen molar-refractivity contribution in [1.29, 1.82) is 0 Å². The Hall–Kier alpha value is -1.16. The summed E-state index contributed by atoms with van der Waals surface area (Å²) in [6.07, 6.45) is 8.70. The van der Waals surface area contributed by atoms with Crippen molar-refractivity contribution >= 4 is 23.0 Å². The Morgan fingerprint density at radius 3 is 2.62 bits per heavy atom. The van der Waals surface area contributed by atoms with Gasteiger partial charge >= 0.3 is 0 Å². The molecule has 1 saturated heterocycles. The monoisotopic (exact) mass is 235 g/mol. The van der Waals surface area contributed by atoms with Crippen molar-refractivity contribution in [3.05, 3.63) is 24.5 Å². The van der Waals surface area contributed by atoms with Gasteiger partial charge in [0, 0.05) is 19.3 Å². The fourth-order valence-electron chi connectivity index (χ4n) is 1.91. The molecule has 0 radical (unpaired) electrons. The van der Waals surface area contributed by atoms with Crippen LogP contribution in [0, 0.1) is 0 Å². The summed E-state index contributed by atoms with van der Waals surface area (Å²) in [6.45, 7) is 2.15. The maximum atomic E-state index is 5.40. The number of hydrogen-bond acceptors (Lipinski definition) is 2. The summed E-state index contributed by atoms with van der Waals surface area (Å²) in [7, 11) is 0. The number of nitrogens with one attached hydrogen (secondary N) is 1. The Morgan fingerprint density at radius 2 is 2.00 bits per heavy atom. The molecule has 0 spiro atoms. The van der Waals surface area contributed by atoms with Gasteiger partial charge in [0.1, 0.15) is 0 Å². The summed E-state index contributed by atoms with van der Waals surface area (Å²) in [5, 5.41) is 4.06. The average Bonchev–Trinajstić information content (AvgIpc) is 2.59. The summed E-state index contributed by atoms with van der Waals surface area (Å²) in [6, 6.07) is 3.89. The van der Waals surface area contributed by atoms with E-state index in [1.54, 1.807) is 12.4 Å². The zero-order valence-corrected chi connectivity index (χ0v) is 10.2. The second kappa shape index (κ2) is 5.80. The third kappa shape index (κ3) is 3.17. The van der Waals surface area contributed by atoms with Crippen molar-refractivity contribution in [3.8, 4) is 0 Å². The van der Waals surface area contributed by atoms with Crippen molar-refractivity contribution < 1.29 is 0 Å². The number of hydrogen-bond donors (Lipinski definition) is 1. The number of rotatable bonds is 1. The highest BCUT2D eigenvalue weighted by Crippen LogP contribution is 2.12. The summed E-state index contributed by atoms with van der Waals surface area (Å²) in [4.78, 5) is 6.32. The van der Waals surface area contributed by atoms with Crippen molar-refractivity contribution in [2.75, 3.05) is 18.4 Å². The van der Waals surface area contributed by atoms with Crippen LogP contribution in [0.25, 0.3) is 0 Å². The minimum Gasteiger partial charge on any atom is -0.349 e. The van der Waals surface area contributed by atoms with Crippen molar-refractivity contribution in [1.82, 2.24) is 9.88 Å². The quantitative estimate of drug-likeness (QED) is 0.757. The summed E-state index contributed by atoms with van der Waals surface area (Å²) in [5.41, 5.74) is 0.969. The average molecular weight is 235 g/mol. The first-order valence-electron chi connectivity index (χ1n) is 5.82. The van der Waals surface area contributed by atoms with Crippen LogP contribution < -0.4 is 5.32 Å². The highest BCUT2D eigenvalue weighted by molar-refractivity contribution is 7.80. The molecule has 0 aliphatic carbocycles. The van der Waals surface area contributed by atoms with Gasteiger partial charge in [-0.25, -0.2) is 0 Å². The molecule has 1 fully saturated rings. The van der Waals surface area contributed by atoms with E-state index in [1.807, 2.05) is 12.1 Å². The molecule has 3 nitrogen and oxygen atoms in total. The van der Waals surface area contributed by atoms with E-state index in [9.17, 15) is 0 Å². The maximum absolute atomic E-state index is 5.40. The van der Waals surface area contributed by atoms with E-state index in [0.717, 1.165) is 23.9 Å². The van der Waals surface area contributed by atoms with Crippen molar-refractivity contribution in [2.45, 2.75) is 25.7 Å². The number of nitrogens with zero attached hydrogens (tertiary/aromatic N) is 2. The molecule has 86 valence electrons. The van der Waals surface area contributed by atoms with Gasteiger partial charge < -0.3 is 10.2 Å². The first kappa shape index (κ1) is 11.3. The maximum Gasteiger partial charge on any atom is 0.173 e. The first-order chi connectivity index (χ1) is 7.86. The molecule has 16 heavy (non-hydrogen) atoms. The molecule has 0 bridgehead atoms. The zero-order valence-electron chi connectivity index (χ0n) is 9.35. The molecule has 0 aromatic carbocycles. The molecule has 0 saturated carbocycles. The molecular formula is C12H17N3S. The van der Waals surface area contributed by atoms with E-state index < -0.39 is 0 Å². The standard InChI is InChI=1S/C12H17N3S/c16-12(14-11-6-5-7-13-10-11)15-8-3-1-2-4-9-15/h5-7,10H,1-4,8-9H2,(H,14,16). The van der Waals surface area contributed by atoms with E-state index in [4.69, 9.17) is 12.2 Å². The van der Waals surface area contributed by atoms with Crippen molar-refractivity contribution in [2.24, 2.45) is 0 Å². The van der Waals surface area contributed by atoms with E-state index in [-0.39, 0.29) is 0 Å². The van der Waals surface area contributed by atoms with Crippen LogP contribution in [0.15, 0.2) is 24.5 Å². The van der Waals surface area contributed by atoms with Crippen LogP contribution in [0.1, 0.15) is 25.7 Å². The van der Waals surface area contributed by atoms with Crippen molar-refractivity contribution in [3.63, 3.8) is 0 Å². The summed E-state index contributed by atoms with van der Waals surface area (Å²) >= 11 is 5.40. The highest BCUT2D eigenvalue weighted by atomic mass is 32.1. The lowest BCUT2D eigenvalue weighted by Crippen LogP contribution is -2.35. The lowest BCUT2D eigenvalue weighted by molar-refractivity contribution is 0.441. The molecule has 1 aromatic rings. The Labute approximate surface area is 102 Å². The summed E-state index contributed by atoms with van der Waals surface area (Å²) < 4.78 is 0. The smallest absolute Gasteiger partial charge is 0.173 e. The second-order valence-electron chi connectivity index (χ2n) is 4.07. The number of thiocarbonyl (C=S) groups is 1. The van der Waals surface area contributed by atoms with Crippen LogP contribution in [0.2, 0.25) is 0 Å². The number of aromatic nitrogens is 1. The van der Waals surface area contributed by atoms with Gasteiger partial charge in [0.2, 0.25) is 0 Å². The SMILES string of the molecule is S=C(Nc1cccnc1)N1CCCCCC1. The largest absolute Gasteiger partial charge is 0.349 e. The van der Waals surface area contributed by atoms with Gasteiger partial charge in [0.15, 0.2) is 5.11 Å². The fraction of sp³-hybridized carbons (Fsp3) is 0.500. The molecule has 4 heteroatoms. The van der Waals surface area contributed by atoms with Crippen LogP contribution in [0.3, 0.4) is 0 Å². The number of likely N-dealkylation sites (tertiary alicyclic amines) is 1. The molecule has 0 unspecified atom stereocenters. The topological polar surface area (TPSA) is 28.2 Å². The molecule has 0 atom stereocenters. The molecule has 1 aliphatic heterocycles. The van der Waals surface area contributed by atoms with Crippen LogP contribution in [0.4, 0.5) is 5.69 Å². The molecule has 2 heterocycles. The summed E-state index contributed by atoms with van der Waals surface area (Å²) in [5.74, 6) is 0. The lowest BCUT2D eigenvalue weighted by atomic mass is 10.2. The molecule has 1 aliphatic rings. The Morgan fingerprint density at radius 1 is 1.25 bits per heavy atom. The van der Waals surface area contributed by atoms with Gasteiger partial charge in [0.25, 0.3) is 0 Å². The van der Waals surface area contributed by atoms with E-state index in [0.29, 0.717) is 0 Å². The van der Waals surface area contributed by atoms with Gasteiger partial charge in [-0.1, -0.05) is 12.8 Å². The van der Waals surface area contributed by atoms with E-state index >= 15 is 0 Å². The van der Waals surface area contributed by atoms with Crippen LogP contribution >= 0.6 is 12.2 Å². The van der Waals surface area contributed by atoms with Crippen LogP contribution in [-0.2, 0) is 0 Å². The molecule has 0 amide bonds. The van der Waals surface area contributed by atoms with Gasteiger partial charge in [0.05, 0.1) is 11.9 Å². The minimum absolute atomic E-state index is 0.829. The predicted molar refractivity (Wildman–Crippen MR) is 70.5 cm³/mol. The molecule has 1 aromatic heterocycles. The molecule has 1 N–H and O–H groups in total. The third-order valence-corrected chi connectivity index (χ3v) is 3.17. The van der Waals surface area contributed by atoms with Gasteiger partial charge in [-0.2, -0.15) is 0 Å². The van der Waals surface area contributed by atoms with Crippen LogP contribution in [-0.4, -0.2) is 28.1 Å². The highest BCUT2D eigenvalue weighted by Gasteiger charge is 2.11. The minimum atomic E-state index is 0.829. The van der Waals surface area contributed by atoms with Gasteiger partial charge in [-0.3, -0.25) is 4.98 Å². The van der Waals surface area contributed by atoms with E-state index in [1.165, 1.54) is 25.7 Å². The van der Waals surface area contributed by atoms with E-state index in [2.05, 4.69) is 15.2 Å². The van der Waals surface area contributed by atoms with Crippen LogP contribution in [0.5, 0.6) is 0 Å². The number of pyridine rings is 1. The van der Waals surface area contributed by atoms with Gasteiger partial charge in [-0.05, 0) is 37.2 Å². The lowest BCUT2D eigenvalue weighted by Gasteiger charge is -2.23. The molecule has 2 rings (SSSR count). The Kier molecular flexibility index (Phi) is 4.10.